The van der Waals surface area contributed by atoms with Gasteiger partial charge in [0.15, 0.2) is 0 Å². The molecule has 0 saturated carbocycles. The van der Waals surface area contributed by atoms with Gasteiger partial charge in [-0.1, -0.05) is 0 Å². The molecule has 1 rings (SSSR count). The fraction of sp³-hybridized carbons (Fsp3) is 0.545. The molecule has 2 N–H and O–H groups in total. The number of carbonyl (C=O) groups excluding carboxylic acids is 1. The molecule has 1 aromatic heterocycles. The average molecular weight is 239 g/mol. The quantitative estimate of drug-likeness (QED) is 0.818. The smallest absolute Gasteiger partial charge is 0.325 e. The minimum atomic E-state index is -1.07. The van der Waals surface area contributed by atoms with Gasteiger partial charge in [0.25, 0.3) is 5.91 Å². The molecule has 6 heteroatoms. The molecule has 17 heavy (non-hydrogen) atoms. The van der Waals surface area contributed by atoms with Crippen molar-refractivity contribution in [1.82, 2.24) is 15.1 Å². The fourth-order valence-corrected chi connectivity index (χ4v) is 1.15. The zero-order valence-electron chi connectivity index (χ0n) is 10.4. The second-order valence-corrected chi connectivity index (χ2v) is 4.88. The van der Waals surface area contributed by atoms with Gasteiger partial charge in [-0.15, -0.1) is 0 Å². The monoisotopic (exact) mass is 239 g/mol. The van der Waals surface area contributed by atoms with Gasteiger partial charge in [0, 0.05) is 6.20 Å². The van der Waals surface area contributed by atoms with E-state index in [0.717, 1.165) is 0 Å². The predicted octanol–water partition coefficient (Wildman–Crippen LogP) is 0.841. The van der Waals surface area contributed by atoms with E-state index in [1.165, 1.54) is 13.1 Å². The number of amides is 1. The first kappa shape index (κ1) is 13.2. The lowest BCUT2D eigenvalue weighted by Crippen LogP contribution is -2.38. The zero-order chi connectivity index (χ0) is 13.2. The molecule has 0 aliphatic rings. The van der Waals surface area contributed by atoms with Gasteiger partial charge in [-0.2, -0.15) is 5.10 Å². The molecular weight excluding hydrogens is 222 g/mol. The van der Waals surface area contributed by atoms with Gasteiger partial charge in [-0.05, 0) is 27.7 Å². The second kappa shape index (κ2) is 4.57. The Kier molecular flexibility index (Phi) is 3.55. The average Bonchev–Trinajstić information content (AvgIpc) is 2.65. The normalized spacial score (nSPS) is 13.2. The van der Waals surface area contributed by atoms with Crippen molar-refractivity contribution in [2.24, 2.45) is 0 Å². The van der Waals surface area contributed by atoms with E-state index in [0.29, 0.717) is 5.56 Å². The highest BCUT2D eigenvalue weighted by Gasteiger charge is 2.19. The zero-order valence-corrected chi connectivity index (χ0v) is 10.4. The van der Waals surface area contributed by atoms with Crippen molar-refractivity contribution in [2.75, 3.05) is 0 Å². The van der Waals surface area contributed by atoms with Crippen molar-refractivity contribution < 1.29 is 14.7 Å². The van der Waals surface area contributed by atoms with Gasteiger partial charge in [-0.3, -0.25) is 14.3 Å². The van der Waals surface area contributed by atoms with Crippen molar-refractivity contribution in [1.29, 1.82) is 0 Å². The maximum absolute atomic E-state index is 11.7. The lowest BCUT2D eigenvalue weighted by Gasteiger charge is -2.18. The van der Waals surface area contributed by atoms with E-state index in [2.05, 4.69) is 10.4 Å². The molecule has 6 nitrogen and oxygen atoms in total. The van der Waals surface area contributed by atoms with Crippen LogP contribution < -0.4 is 5.32 Å². The lowest BCUT2D eigenvalue weighted by molar-refractivity contribution is -0.138. The van der Waals surface area contributed by atoms with Crippen LogP contribution in [0.4, 0.5) is 0 Å². The van der Waals surface area contributed by atoms with Crippen molar-refractivity contribution in [3.8, 4) is 0 Å². The molecule has 0 radical (unpaired) electrons. The Labute approximate surface area is 99.6 Å². The SMILES string of the molecule is C[C@H](NC(=O)c1cnn(C(C)(C)C)c1)C(=O)O. The number of nitrogens with zero attached hydrogens (tertiary/aromatic N) is 2. The van der Waals surface area contributed by atoms with Gasteiger partial charge in [-0.25, -0.2) is 0 Å². The number of carboxylic acid groups (broad SMARTS) is 1. The summed E-state index contributed by atoms with van der Waals surface area (Å²) in [6.07, 6.45) is 3.03. The highest BCUT2D eigenvalue weighted by atomic mass is 16.4. The van der Waals surface area contributed by atoms with Crippen molar-refractivity contribution in [3.63, 3.8) is 0 Å². The first-order valence-electron chi connectivity index (χ1n) is 5.30. The maximum Gasteiger partial charge on any atom is 0.325 e. The lowest BCUT2D eigenvalue weighted by atomic mass is 10.1. The van der Waals surface area contributed by atoms with E-state index in [-0.39, 0.29) is 5.54 Å². The minimum Gasteiger partial charge on any atom is -0.480 e. The minimum absolute atomic E-state index is 0.211. The second-order valence-electron chi connectivity index (χ2n) is 4.88. The molecule has 1 aromatic rings. The number of aliphatic carboxylic acids is 1. The summed E-state index contributed by atoms with van der Waals surface area (Å²) in [7, 11) is 0. The first-order valence-corrected chi connectivity index (χ1v) is 5.30. The van der Waals surface area contributed by atoms with Gasteiger partial charge in [0.2, 0.25) is 0 Å². The maximum atomic E-state index is 11.7. The predicted molar refractivity (Wildman–Crippen MR) is 61.8 cm³/mol. The molecule has 0 aliphatic heterocycles. The van der Waals surface area contributed by atoms with Gasteiger partial charge in [0.1, 0.15) is 6.04 Å². The molecule has 94 valence electrons. The van der Waals surface area contributed by atoms with E-state index in [1.54, 1.807) is 10.9 Å². The van der Waals surface area contributed by atoms with Crippen LogP contribution in [0.3, 0.4) is 0 Å². The molecule has 1 heterocycles. The third-order valence-electron chi connectivity index (χ3n) is 2.25. The summed E-state index contributed by atoms with van der Waals surface area (Å²) in [6.45, 7) is 7.29. The third-order valence-corrected chi connectivity index (χ3v) is 2.25. The molecule has 0 aromatic carbocycles. The van der Waals surface area contributed by atoms with E-state index in [1.807, 2.05) is 20.8 Å². The number of hydrogen-bond acceptors (Lipinski definition) is 3. The molecule has 0 bridgehead atoms. The Bertz CT molecular complexity index is 431. The van der Waals surface area contributed by atoms with E-state index >= 15 is 0 Å². The van der Waals surface area contributed by atoms with Crippen LogP contribution in [0, 0.1) is 0 Å². The van der Waals surface area contributed by atoms with Crippen molar-refractivity contribution in [2.45, 2.75) is 39.3 Å². The number of aromatic nitrogens is 2. The first-order chi connectivity index (χ1) is 7.71. The largest absolute Gasteiger partial charge is 0.480 e. The molecule has 0 aliphatic carbocycles. The van der Waals surface area contributed by atoms with Crippen LogP contribution in [0.5, 0.6) is 0 Å². The van der Waals surface area contributed by atoms with E-state index < -0.39 is 17.9 Å². The van der Waals surface area contributed by atoms with Crippen LogP contribution in [0.15, 0.2) is 12.4 Å². The standard InChI is InChI=1S/C11H17N3O3/c1-7(10(16)17)13-9(15)8-5-12-14(6-8)11(2,3)4/h5-7H,1-4H3,(H,13,15)(H,16,17)/t7-/m0/s1. The Morgan fingerprint density at radius 3 is 2.47 bits per heavy atom. The number of rotatable bonds is 3. The number of hydrogen-bond donors (Lipinski definition) is 2. The van der Waals surface area contributed by atoms with Crippen LogP contribution in [-0.2, 0) is 10.3 Å². The topological polar surface area (TPSA) is 84.2 Å². The summed E-state index contributed by atoms with van der Waals surface area (Å²) in [5, 5.41) is 15.1. The summed E-state index contributed by atoms with van der Waals surface area (Å²) in [6, 6.07) is -0.916. The summed E-state index contributed by atoms with van der Waals surface area (Å²) < 4.78 is 1.66. The number of carboxylic acids is 1. The highest BCUT2D eigenvalue weighted by molar-refractivity contribution is 5.96. The Hall–Kier alpha value is -1.85. The number of carbonyl (C=O) groups is 2. The summed E-state index contributed by atoms with van der Waals surface area (Å²) >= 11 is 0. The van der Waals surface area contributed by atoms with Gasteiger partial charge < -0.3 is 10.4 Å². The van der Waals surface area contributed by atoms with Crippen LogP contribution in [0.2, 0.25) is 0 Å². The Morgan fingerprint density at radius 1 is 1.47 bits per heavy atom. The highest BCUT2D eigenvalue weighted by Crippen LogP contribution is 2.13. The fourth-order valence-electron chi connectivity index (χ4n) is 1.15. The molecule has 0 unspecified atom stereocenters. The molecular formula is C11H17N3O3. The van der Waals surface area contributed by atoms with Crippen molar-refractivity contribution in [3.05, 3.63) is 18.0 Å². The van der Waals surface area contributed by atoms with Crippen LogP contribution in [0.25, 0.3) is 0 Å². The van der Waals surface area contributed by atoms with Gasteiger partial charge >= 0.3 is 5.97 Å². The number of nitrogens with one attached hydrogen (secondary N) is 1. The van der Waals surface area contributed by atoms with E-state index in [4.69, 9.17) is 5.11 Å². The van der Waals surface area contributed by atoms with Crippen molar-refractivity contribution >= 4 is 11.9 Å². The van der Waals surface area contributed by atoms with Crippen LogP contribution >= 0.6 is 0 Å². The summed E-state index contributed by atoms with van der Waals surface area (Å²) in [5.74, 6) is -1.50. The summed E-state index contributed by atoms with van der Waals surface area (Å²) in [4.78, 5) is 22.3. The Balaban J connectivity index is 2.78. The van der Waals surface area contributed by atoms with Crippen LogP contribution in [-0.4, -0.2) is 32.8 Å². The molecule has 1 amide bonds. The summed E-state index contributed by atoms with van der Waals surface area (Å²) in [5.41, 5.74) is 0.143. The molecule has 1 atom stereocenters. The molecule has 0 fully saturated rings. The van der Waals surface area contributed by atoms with E-state index in [9.17, 15) is 9.59 Å². The third kappa shape index (κ3) is 3.30. The molecule has 0 saturated heterocycles. The van der Waals surface area contributed by atoms with Crippen LogP contribution in [0.1, 0.15) is 38.1 Å². The molecule has 0 spiro atoms. The van der Waals surface area contributed by atoms with Gasteiger partial charge in [0.05, 0.1) is 17.3 Å². The Morgan fingerprint density at radius 2 is 2.06 bits per heavy atom.